The van der Waals surface area contributed by atoms with Gasteiger partial charge in [0.05, 0.1) is 6.54 Å². The van der Waals surface area contributed by atoms with E-state index in [2.05, 4.69) is 38.8 Å². The molecule has 1 N–H and O–H groups in total. The average Bonchev–Trinajstić information content (AvgIpc) is 3.11. The van der Waals surface area contributed by atoms with E-state index in [1.54, 1.807) is 6.92 Å². The summed E-state index contributed by atoms with van der Waals surface area (Å²) in [7, 11) is 0. The first-order valence-electron chi connectivity index (χ1n) is 14.7. The maximum Gasteiger partial charge on any atom is 0.251 e. The zero-order valence-electron chi connectivity index (χ0n) is 23.7. The molecule has 8 heteroatoms. The molecule has 4 rings (SSSR count). The summed E-state index contributed by atoms with van der Waals surface area (Å²) < 4.78 is 2.17. The van der Waals surface area contributed by atoms with Gasteiger partial charge in [-0.1, -0.05) is 39.5 Å². The van der Waals surface area contributed by atoms with E-state index in [1.165, 1.54) is 25.7 Å². The van der Waals surface area contributed by atoms with E-state index in [0.717, 1.165) is 94.1 Å². The predicted molar refractivity (Wildman–Crippen MR) is 151 cm³/mol. The number of amides is 2. The van der Waals surface area contributed by atoms with Crippen LogP contribution in [0.2, 0.25) is 0 Å². The van der Waals surface area contributed by atoms with E-state index in [-0.39, 0.29) is 11.8 Å². The highest BCUT2D eigenvalue weighted by atomic mass is 16.2. The number of fused-ring (bicyclic) bond motifs is 2. The molecule has 0 spiro atoms. The second-order valence-electron chi connectivity index (χ2n) is 11.4. The van der Waals surface area contributed by atoms with Crippen molar-refractivity contribution in [2.24, 2.45) is 5.92 Å². The highest BCUT2D eigenvalue weighted by Crippen LogP contribution is 2.26. The molecule has 2 aromatic rings. The summed E-state index contributed by atoms with van der Waals surface area (Å²) in [5.41, 5.74) is 2.61. The number of aryl methyl sites for hydroxylation is 1. The summed E-state index contributed by atoms with van der Waals surface area (Å²) in [5, 5.41) is 11.8. The molecule has 0 fully saturated rings. The molecule has 0 saturated carbocycles. The summed E-state index contributed by atoms with van der Waals surface area (Å²) >= 11 is 0. The Balaban J connectivity index is 1.56. The lowest BCUT2D eigenvalue weighted by Crippen LogP contribution is -2.33. The van der Waals surface area contributed by atoms with Gasteiger partial charge in [0, 0.05) is 44.2 Å². The molecule has 0 saturated heterocycles. The predicted octanol–water partition coefficient (Wildman–Crippen LogP) is 5.10. The van der Waals surface area contributed by atoms with E-state index >= 15 is 0 Å². The SMILES string of the molecule is CC(=O)N1CCCCCCCN(CCC(C)C)Cc2cc(C(=O)NCc3nnc4n3CCCCC4)ccc21. The quantitative estimate of drug-likeness (QED) is 0.571. The Morgan fingerprint density at radius 3 is 2.47 bits per heavy atom. The molecule has 2 aliphatic rings. The minimum Gasteiger partial charge on any atom is -0.345 e. The third-order valence-electron chi connectivity index (χ3n) is 7.88. The van der Waals surface area contributed by atoms with E-state index in [1.807, 2.05) is 23.1 Å². The molecule has 38 heavy (non-hydrogen) atoms. The zero-order chi connectivity index (χ0) is 26.9. The number of aromatic nitrogens is 3. The van der Waals surface area contributed by atoms with Gasteiger partial charge in [0.25, 0.3) is 5.91 Å². The van der Waals surface area contributed by atoms with Crippen LogP contribution in [0.25, 0.3) is 0 Å². The molecule has 0 unspecified atom stereocenters. The van der Waals surface area contributed by atoms with Crippen LogP contribution in [0.1, 0.15) is 106 Å². The topological polar surface area (TPSA) is 83.4 Å². The number of hydrogen-bond donors (Lipinski definition) is 1. The van der Waals surface area contributed by atoms with Crippen molar-refractivity contribution in [3.8, 4) is 0 Å². The molecule has 3 heterocycles. The van der Waals surface area contributed by atoms with E-state index in [4.69, 9.17) is 0 Å². The molecule has 2 aliphatic heterocycles. The monoisotopic (exact) mass is 522 g/mol. The van der Waals surface area contributed by atoms with Gasteiger partial charge in [-0.25, -0.2) is 0 Å². The number of nitrogens with zero attached hydrogens (tertiary/aromatic N) is 5. The first-order valence-corrected chi connectivity index (χ1v) is 14.7. The Labute approximate surface area is 228 Å². The summed E-state index contributed by atoms with van der Waals surface area (Å²) in [4.78, 5) is 30.4. The second kappa shape index (κ2) is 13.9. The van der Waals surface area contributed by atoms with Crippen molar-refractivity contribution in [3.05, 3.63) is 41.0 Å². The first-order chi connectivity index (χ1) is 18.4. The lowest BCUT2D eigenvalue weighted by atomic mass is 10.0. The van der Waals surface area contributed by atoms with Gasteiger partial charge in [-0.05, 0) is 74.9 Å². The number of nitrogens with one attached hydrogen (secondary N) is 1. The van der Waals surface area contributed by atoms with Crippen LogP contribution in [0.15, 0.2) is 18.2 Å². The fraction of sp³-hybridized carbons (Fsp3) is 0.667. The van der Waals surface area contributed by atoms with Crippen LogP contribution >= 0.6 is 0 Å². The minimum atomic E-state index is -0.118. The van der Waals surface area contributed by atoms with Gasteiger partial charge in [0.1, 0.15) is 5.82 Å². The van der Waals surface area contributed by atoms with Crippen molar-refractivity contribution in [2.75, 3.05) is 24.5 Å². The van der Waals surface area contributed by atoms with E-state index < -0.39 is 0 Å². The lowest BCUT2D eigenvalue weighted by Gasteiger charge is -2.29. The normalized spacial score (nSPS) is 17.6. The number of carbonyl (C=O) groups excluding carboxylic acids is 2. The molecule has 8 nitrogen and oxygen atoms in total. The molecular weight excluding hydrogens is 476 g/mol. The highest BCUT2D eigenvalue weighted by Gasteiger charge is 2.21. The third-order valence-corrected chi connectivity index (χ3v) is 7.88. The van der Waals surface area contributed by atoms with Gasteiger partial charge < -0.3 is 14.8 Å². The maximum atomic E-state index is 13.3. The Morgan fingerprint density at radius 2 is 1.68 bits per heavy atom. The Kier molecular flexibility index (Phi) is 10.3. The fourth-order valence-corrected chi connectivity index (χ4v) is 5.59. The smallest absolute Gasteiger partial charge is 0.251 e. The summed E-state index contributed by atoms with van der Waals surface area (Å²) in [6, 6.07) is 5.83. The summed E-state index contributed by atoms with van der Waals surface area (Å²) in [5.74, 6) is 2.42. The van der Waals surface area contributed by atoms with Crippen molar-refractivity contribution in [1.29, 1.82) is 0 Å². The highest BCUT2D eigenvalue weighted by molar-refractivity contribution is 5.97. The molecule has 1 aromatic carbocycles. The Hall–Kier alpha value is -2.74. The van der Waals surface area contributed by atoms with Crippen molar-refractivity contribution >= 4 is 17.5 Å². The van der Waals surface area contributed by atoms with Crippen LogP contribution in [0.3, 0.4) is 0 Å². The standard InChI is InChI=1S/C30H46N6O2/c1-23(2)15-19-34-16-9-5-4-6-10-17-35(24(3)37)27-14-13-25(20-26(27)22-34)30(38)31-21-29-33-32-28-12-8-7-11-18-36(28)29/h13-14,20,23H,4-12,15-19,21-22H2,1-3H3,(H,31,38). The fourth-order valence-electron chi connectivity index (χ4n) is 5.59. The second-order valence-corrected chi connectivity index (χ2v) is 11.4. The van der Waals surface area contributed by atoms with Crippen molar-refractivity contribution < 1.29 is 9.59 Å². The molecule has 2 amide bonds. The number of benzene rings is 1. The third kappa shape index (κ3) is 7.65. The minimum absolute atomic E-state index is 0.0572. The number of carbonyl (C=O) groups is 2. The summed E-state index contributed by atoms with van der Waals surface area (Å²) in [6.07, 6.45) is 11.3. The number of hydrogen-bond acceptors (Lipinski definition) is 5. The molecule has 0 atom stereocenters. The van der Waals surface area contributed by atoms with Gasteiger partial charge in [0.2, 0.25) is 5.91 Å². The van der Waals surface area contributed by atoms with Crippen LogP contribution in [0.5, 0.6) is 0 Å². The maximum absolute atomic E-state index is 13.3. The zero-order valence-corrected chi connectivity index (χ0v) is 23.7. The average molecular weight is 523 g/mol. The molecular formula is C30H46N6O2. The first kappa shape index (κ1) is 28.3. The number of rotatable bonds is 6. The molecule has 208 valence electrons. The van der Waals surface area contributed by atoms with Gasteiger partial charge >= 0.3 is 0 Å². The lowest BCUT2D eigenvalue weighted by molar-refractivity contribution is -0.116. The van der Waals surface area contributed by atoms with Crippen LogP contribution in [-0.2, 0) is 30.8 Å². The van der Waals surface area contributed by atoms with Crippen LogP contribution in [-0.4, -0.2) is 51.1 Å². The van der Waals surface area contributed by atoms with Crippen molar-refractivity contribution in [3.63, 3.8) is 0 Å². The number of anilines is 1. The van der Waals surface area contributed by atoms with E-state index in [0.29, 0.717) is 18.0 Å². The van der Waals surface area contributed by atoms with Gasteiger partial charge in [-0.15, -0.1) is 10.2 Å². The molecule has 1 aromatic heterocycles. The molecule has 0 bridgehead atoms. The van der Waals surface area contributed by atoms with Crippen LogP contribution < -0.4 is 10.2 Å². The van der Waals surface area contributed by atoms with Crippen molar-refractivity contribution in [1.82, 2.24) is 25.0 Å². The van der Waals surface area contributed by atoms with Gasteiger partial charge in [0.15, 0.2) is 5.82 Å². The largest absolute Gasteiger partial charge is 0.345 e. The van der Waals surface area contributed by atoms with E-state index in [9.17, 15) is 9.59 Å². The Morgan fingerprint density at radius 1 is 0.947 bits per heavy atom. The molecule has 0 aliphatic carbocycles. The van der Waals surface area contributed by atoms with Crippen LogP contribution in [0.4, 0.5) is 5.69 Å². The molecule has 0 radical (unpaired) electrons. The van der Waals surface area contributed by atoms with Crippen molar-refractivity contribution in [2.45, 2.75) is 105 Å². The Bertz CT molecular complexity index is 1080. The van der Waals surface area contributed by atoms with Gasteiger partial charge in [-0.2, -0.15) is 0 Å². The van der Waals surface area contributed by atoms with Crippen LogP contribution in [0, 0.1) is 5.92 Å². The van der Waals surface area contributed by atoms with Gasteiger partial charge in [-0.3, -0.25) is 14.5 Å². The summed E-state index contributed by atoms with van der Waals surface area (Å²) in [6.45, 7) is 11.0.